The normalized spacial score (nSPS) is 15.1. The number of rotatable bonds is 6. The van der Waals surface area contributed by atoms with Crippen molar-refractivity contribution in [2.75, 3.05) is 6.54 Å². The minimum atomic E-state index is -3.43. The molecule has 1 aliphatic carbocycles. The molecule has 0 aliphatic heterocycles. The first kappa shape index (κ1) is 16.9. The molecule has 3 rings (SSSR count). The topological polar surface area (TPSA) is 46.2 Å². The van der Waals surface area contributed by atoms with E-state index in [1.807, 2.05) is 12.1 Å². The third-order valence-electron chi connectivity index (χ3n) is 4.39. The molecule has 0 radical (unpaired) electrons. The van der Waals surface area contributed by atoms with Crippen molar-refractivity contribution in [1.82, 2.24) is 4.72 Å². The van der Waals surface area contributed by atoms with Crippen molar-refractivity contribution in [1.29, 1.82) is 0 Å². The highest BCUT2D eigenvalue weighted by Gasteiger charge is 2.14. The van der Waals surface area contributed by atoms with Crippen molar-refractivity contribution < 1.29 is 8.42 Å². The van der Waals surface area contributed by atoms with Crippen LogP contribution in [-0.4, -0.2) is 15.0 Å². The zero-order valence-corrected chi connectivity index (χ0v) is 14.6. The SMILES string of the molecule is O=S(=O)(NCCc1ccccc1C1=CCCCC1)c1ccccc1. The van der Waals surface area contributed by atoms with E-state index in [-0.39, 0.29) is 0 Å². The molecule has 0 amide bonds. The third-order valence-corrected chi connectivity index (χ3v) is 5.87. The van der Waals surface area contributed by atoms with E-state index in [9.17, 15) is 8.42 Å². The zero-order chi connectivity index (χ0) is 16.8. The maximum absolute atomic E-state index is 12.3. The first-order valence-corrected chi connectivity index (χ1v) is 9.97. The number of allylic oxidation sites excluding steroid dienone is 2. The molecule has 0 unspecified atom stereocenters. The molecule has 1 aliphatic rings. The molecular formula is C20H23NO2S. The third kappa shape index (κ3) is 4.13. The number of hydrogen-bond acceptors (Lipinski definition) is 2. The summed E-state index contributed by atoms with van der Waals surface area (Å²) in [5.41, 5.74) is 3.89. The number of hydrogen-bond donors (Lipinski definition) is 1. The Morgan fingerprint density at radius 3 is 2.42 bits per heavy atom. The lowest BCUT2D eigenvalue weighted by Crippen LogP contribution is -2.26. The summed E-state index contributed by atoms with van der Waals surface area (Å²) in [6.07, 6.45) is 7.79. The summed E-state index contributed by atoms with van der Waals surface area (Å²) in [6, 6.07) is 16.8. The van der Waals surface area contributed by atoms with Gasteiger partial charge in [0.25, 0.3) is 0 Å². The lowest BCUT2D eigenvalue weighted by atomic mass is 9.90. The summed E-state index contributed by atoms with van der Waals surface area (Å²) in [5, 5.41) is 0. The average Bonchev–Trinajstić information content (AvgIpc) is 2.63. The fourth-order valence-electron chi connectivity index (χ4n) is 3.14. The largest absolute Gasteiger partial charge is 0.240 e. The molecule has 0 atom stereocenters. The van der Waals surface area contributed by atoms with Crippen molar-refractivity contribution in [2.45, 2.75) is 37.0 Å². The maximum atomic E-state index is 12.3. The summed E-state index contributed by atoms with van der Waals surface area (Å²) in [7, 11) is -3.43. The molecule has 1 N–H and O–H groups in total. The molecule has 0 fully saturated rings. The van der Waals surface area contributed by atoms with Crippen LogP contribution in [-0.2, 0) is 16.4 Å². The van der Waals surface area contributed by atoms with Gasteiger partial charge in [0.1, 0.15) is 0 Å². The van der Waals surface area contributed by atoms with Crippen molar-refractivity contribution in [2.24, 2.45) is 0 Å². The quantitative estimate of drug-likeness (QED) is 0.857. The van der Waals surface area contributed by atoms with Gasteiger partial charge in [0.15, 0.2) is 0 Å². The molecule has 0 spiro atoms. The monoisotopic (exact) mass is 341 g/mol. The molecule has 24 heavy (non-hydrogen) atoms. The highest BCUT2D eigenvalue weighted by molar-refractivity contribution is 7.89. The highest BCUT2D eigenvalue weighted by atomic mass is 32.2. The zero-order valence-electron chi connectivity index (χ0n) is 13.7. The van der Waals surface area contributed by atoms with E-state index in [1.54, 1.807) is 24.3 Å². The molecule has 0 heterocycles. The van der Waals surface area contributed by atoms with Gasteiger partial charge in [0.05, 0.1) is 4.90 Å². The van der Waals surface area contributed by atoms with Gasteiger partial charge in [-0.15, -0.1) is 0 Å². The Kier molecular flexibility index (Phi) is 5.48. The molecule has 3 nitrogen and oxygen atoms in total. The number of benzene rings is 2. The van der Waals surface area contributed by atoms with E-state index in [2.05, 4.69) is 29.0 Å². The van der Waals surface area contributed by atoms with E-state index in [0.29, 0.717) is 17.9 Å². The van der Waals surface area contributed by atoms with Gasteiger partial charge in [-0.1, -0.05) is 48.5 Å². The first-order valence-electron chi connectivity index (χ1n) is 8.49. The van der Waals surface area contributed by atoms with Gasteiger partial charge < -0.3 is 0 Å². The molecule has 2 aromatic rings. The van der Waals surface area contributed by atoms with Crippen LogP contribution in [0.1, 0.15) is 36.8 Å². The van der Waals surface area contributed by atoms with Crippen LogP contribution < -0.4 is 4.72 Å². The highest BCUT2D eigenvalue weighted by Crippen LogP contribution is 2.29. The van der Waals surface area contributed by atoms with E-state index >= 15 is 0 Å². The van der Waals surface area contributed by atoms with Crippen LogP contribution in [0.4, 0.5) is 0 Å². The summed E-state index contributed by atoms with van der Waals surface area (Å²) in [5.74, 6) is 0. The molecule has 4 heteroatoms. The predicted octanol–water partition coefficient (Wildman–Crippen LogP) is 4.17. The first-order chi connectivity index (χ1) is 11.7. The van der Waals surface area contributed by atoms with Crippen molar-refractivity contribution in [3.05, 3.63) is 71.8 Å². The molecule has 2 aromatic carbocycles. The molecule has 0 bridgehead atoms. The smallest absolute Gasteiger partial charge is 0.211 e. The van der Waals surface area contributed by atoms with E-state index in [4.69, 9.17) is 0 Å². The second-order valence-electron chi connectivity index (χ2n) is 6.09. The number of nitrogens with one attached hydrogen (secondary N) is 1. The van der Waals surface area contributed by atoms with Gasteiger partial charge >= 0.3 is 0 Å². The van der Waals surface area contributed by atoms with E-state index in [0.717, 1.165) is 12.8 Å². The fourth-order valence-corrected chi connectivity index (χ4v) is 4.19. The van der Waals surface area contributed by atoms with Crippen molar-refractivity contribution in [3.63, 3.8) is 0 Å². The Morgan fingerprint density at radius 2 is 1.67 bits per heavy atom. The second-order valence-corrected chi connectivity index (χ2v) is 7.86. The van der Waals surface area contributed by atoms with E-state index in [1.165, 1.54) is 29.5 Å². The van der Waals surface area contributed by atoms with Gasteiger partial charge in [-0.2, -0.15) is 0 Å². The van der Waals surface area contributed by atoms with Crippen LogP contribution >= 0.6 is 0 Å². The molecule has 0 saturated heterocycles. The van der Waals surface area contributed by atoms with Crippen LogP contribution in [0.3, 0.4) is 0 Å². The Bertz CT molecular complexity index is 811. The summed E-state index contributed by atoms with van der Waals surface area (Å²) in [4.78, 5) is 0.313. The van der Waals surface area contributed by atoms with Crippen molar-refractivity contribution in [3.8, 4) is 0 Å². The van der Waals surface area contributed by atoms with Gasteiger partial charge in [-0.25, -0.2) is 13.1 Å². The van der Waals surface area contributed by atoms with Crippen LogP contribution in [0.5, 0.6) is 0 Å². The average molecular weight is 341 g/mol. The minimum Gasteiger partial charge on any atom is -0.211 e. The summed E-state index contributed by atoms with van der Waals surface area (Å²) >= 11 is 0. The van der Waals surface area contributed by atoms with Crippen LogP contribution in [0.15, 0.2) is 65.6 Å². The van der Waals surface area contributed by atoms with Crippen molar-refractivity contribution >= 4 is 15.6 Å². The standard InChI is InChI=1S/C20H23NO2S/c22-24(23,19-12-5-2-6-13-19)21-16-15-18-11-7-8-14-20(18)17-9-3-1-4-10-17/h2,5-9,11-14,21H,1,3-4,10,15-16H2. The van der Waals surface area contributed by atoms with Crippen LogP contribution in [0, 0.1) is 0 Å². The molecule has 0 aromatic heterocycles. The Morgan fingerprint density at radius 1 is 0.917 bits per heavy atom. The van der Waals surface area contributed by atoms with Crippen LogP contribution in [0.2, 0.25) is 0 Å². The maximum Gasteiger partial charge on any atom is 0.240 e. The Labute approximate surface area is 144 Å². The molecule has 126 valence electrons. The summed E-state index contributed by atoms with van der Waals surface area (Å²) in [6.45, 7) is 0.404. The molecular weight excluding hydrogens is 318 g/mol. The van der Waals surface area contributed by atoms with Gasteiger partial charge in [0, 0.05) is 6.54 Å². The summed E-state index contributed by atoms with van der Waals surface area (Å²) < 4.78 is 27.3. The Hall–Kier alpha value is -1.91. The lowest BCUT2D eigenvalue weighted by molar-refractivity contribution is 0.581. The molecule has 0 saturated carbocycles. The van der Waals surface area contributed by atoms with Crippen LogP contribution in [0.25, 0.3) is 5.57 Å². The lowest BCUT2D eigenvalue weighted by Gasteiger charge is -2.17. The number of sulfonamides is 1. The minimum absolute atomic E-state index is 0.313. The fraction of sp³-hybridized carbons (Fsp3) is 0.300. The van der Waals surface area contributed by atoms with Gasteiger partial charge in [0.2, 0.25) is 10.0 Å². The predicted molar refractivity (Wildman–Crippen MR) is 98.2 cm³/mol. The Balaban J connectivity index is 1.68. The van der Waals surface area contributed by atoms with Gasteiger partial charge in [-0.05, 0) is 60.9 Å². The second kappa shape index (κ2) is 7.77. The van der Waals surface area contributed by atoms with Gasteiger partial charge in [-0.3, -0.25) is 0 Å². The van der Waals surface area contributed by atoms with E-state index < -0.39 is 10.0 Å².